The third kappa shape index (κ3) is 2.91. The molecule has 3 nitrogen and oxygen atoms in total. The highest BCUT2D eigenvalue weighted by Crippen LogP contribution is 2.33. The molecule has 0 aromatic heterocycles. The average molecular weight is 235 g/mol. The maximum absolute atomic E-state index is 10.5. The Hall–Kier alpha value is -1.22. The lowest BCUT2D eigenvalue weighted by atomic mass is 9.80. The fourth-order valence-electron chi connectivity index (χ4n) is 2.60. The molecule has 1 fully saturated rings. The summed E-state index contributed by atoms with van der Waals surface area (Å²) in [7, 11) is 1.63. The molecule has 0 amide bonds. The molecule has 94 valence electrons. The minimum absolute atomic E-state index is 0.555. The first kappa shape index (κ1) is 12.2. The highest BCUT2D eigenvalue weighted by molar-refractivity contribution is 5.52. The van der Waals surface area contributed by atoms with Crippen LogP contribution in [0.15, 0.2) is 18.2 Å². The highest BCUT2D eigenvalue weighted by Gasteiger charge is 2.29. The van der Waals surface area contributed by atoms with Crippen LogP contribution in [-0.4, -0.2) is 17.8 Å². The van der Waals surface area contributed by atoms with Gasteiger partial charge in [-0.3, -0.25) is 0 Å². The molecule has 0 aliphatic heterocycles. The number of benzene rings is 1. The van der Waals surface area contributed by atoms with Crippen molar-refractivity contribution >= 4 is 5.69 Å². The van der Waals surface area contributed by atoms with Crippen LogP contribution in [0, 0.1) is 0 Å². The molecule has 0 radical (unpaired) electrons. The van der Waals surface area contributed by atoms with Crippen LogP contribution in [0.4, 0.5) is 5.69 Å². The van der Waals surface area contributed by atoms with Gasteiger partial charge in [0.05, 0.1) is 12.7 Å². The fraction of sp³-hybridized carbons (Fsp3) is 0.571. The Balaban J connectivity index is 2.12. The van der Waals surface area contributed by atoms with E-state index in [0.717, 1.165) is 37.0 Å². The second kappa shape index (κ2) is 4.96. The van der Waals surface area contributed by atoms with Crippen molar-refractivity contribution < 1.29 is 9.84 Å². The summed E-state index contributed by atoms with van der Waals surface area (Å²) in [4.78, 5) is 0. The Morgan fingerprint density at radius 3 is 2.59 bits per heavy atom. The Bertz CT molecular complexity index is 384. The third-order valence-corrected chi connectivity index (χ3v) is 3.66. The van der Waals surface area contributed by atoms with Gasteiger partial charge in [0.1, 0.15) is 5.75 Å². The van der Waals surface area contributed by atoms with Crippen molar-refractivity contribution in [2.45, 2.75) is 44.1 Å². The van der Waals surface area contributed by atoms with Crippen molar-refractivity contribution in [3.63, 3.8) is 0 Å². The molecule has 3 heteroatoms. The Morgan fingerprint density at radius 2 is 2.00 bits per heavy atom. The van der Waals surface area contributed by atoms with Crippen LogP contribution in [0.2, 0.25) is 0 Å². The molecule has 1 aromatic carbocycles. The maximum Gasteiger partial charge on any atom is 0.120 e. The van der Waals surface area contributed by atoms with Gasteiger partial charge in [0, 0.05) is 18.2 Å². The third-order valence-electron chi connectivity index (χ3n) is 3.66. The van der Waals surface area contributed by atoms with Crippen molar-refractivity contribution in [3.8, 4) is 5.75 Å². The first-order valence-corrected chi connectivity index (χ1v) is 6.28. The maximum atomic E-state index is 10.5. The lowest BCUT2D eigenvalue weighted by Gasteiger charge is -2.32. The molecule has 2 rings (SSSR count). The summed E-state index contributed by atoms with van der Waals surface area (Å²) in [6.45, 7) is 0. The number of methoxy groups -OCH3 is 1. The Labute approximate surface area is 103 Å². The zero-order chi connectivity index (χ0) is 12.3. The molecule has 0 spiro atoms. The average Bonchev–Trinajstić information content (AvgIpc) is 2.32. The normalized spacial score (nSPS) is 18.9. The van der Waals surface area contributed by atoms with E-state index in [-0.39, 0.29) is 0 Å². The summed E-state index contributed by atoms with van der Waals surface area (Å²) in [5, 5.41) is 10.5. The quantitative estimate of drug-likeness (QED) is 0.791. The van der Waals surface area contributed by atoms with Crippen LogP contribution in [0.3, 0.4) is 0 Å². The first-order chi connectivity index (χ1) is 8.13. The predicted octanol–water partition coefficient (Wildman–Crippen LogP) is 2.52. The number of ether oxygens (including phenoxy) is 1. The number of rotatable bonds is 3. The zero-order valence-electron chi connectivity index (χ0n) is 10.4. The summed E-state index contributed by atoms with van der Waals surface area (Å²) in [6, 6.07) is 5.68. The van der Waals surface area contributed by atoms with Gasteiger partial charge in [-0.05, 0) is 24.5 Å². The fourth-order valence-corrected chi connectivity index (χ4v) is 2.60. The van der Waals surface area contributed by atoms with E-state index < -0.39 is 5.60 Å². The van der Waals surface area contributed by atoms with Crippen LogP contribution in [0.5, 0.6) is 5.75 Å². The molecule has 0 saturated heterocycles. The second-order valence-electron chi connectivity index (χ2n) is 5.03. The Morgan fingerprint density at radius 1 is 1.29 bits per heavy atom. The summed E-state index contributed by atoms with van der Waals surface area (Å²) in [5.74, 6) is 0.766. The van der Waals surface area contributed by atoms with E-state index in [2.05, 4.69) is 0 Å². The number of nitrogen functional groups attached to an aromatic ring is 1. The van der Waals surface area contributed by atoms with Crippen LogP contribution in [0.25, 0.3) is 0 Å². The van der Waals surface area contributed by atoms with E-state index >= 15 is 0 Å². The molecule has 1 aromatic rings. The molecule has 3 N–H and O–H groups in total. The van der Waals surface area contributed by atoms with Crippen molar-refractivity contribution in [2.24, 2.45) is 0 Å². The number of nitrogens with two attached hydrogens (primary N) is 1. The number of aliphatic hydroxyl groups is 1. The minimum atomic E-state index is -0.555. The molecule has 1 saturated carbocycles. The summed E-state index contributed by atoms with van der Waals surface area (Å²) in [6.07, 6.45) is 5.90. The molecular formula is C14H21NO2. The van der Waals surface area contributed by atoms with Gasteiger partial charge in [-0.25, -0.2) is 0 Å². The van der Waals surface area contributed by atoms with E-state index in [1.165, 1.54) is 6.42 Å². The Kier molecular flexibility index (Phi) is 3.57. The van der Waals surface area contributed by atoms with E-state index in [4.69, 9.17) is 10.5 Å². The number of hydrogen-bond donors (Lipinski definition) is 2. The van der Waals surface area contributed by atoms with Gasteiger partial charge >= 0.3 is 0 Å². The van der Waals surface area contributed by atoms with Gasteiger partial charge in [0.25, 0.3) is 0 Å². The standard InChI is InChI=1S/C14H21NO2/c1-17-12-6-5-11(13(15)9-12)10-14(16)7-3-2-4-8-14/h5-6,9,16H,2-4,7-8,10,15H2,1H3. The lowest BCUT2D eigenvalue weighted by Crippen LogP contribution is -2.34. The predicted molar refractivity (Wildman–Crippen MR) is 69.1 cm³/mol. The first-order valence-electron chi connectivity index (χ1n) is 6.28. The lowest BCUT2D eigenvalue weighted by molar-refractivity contribution is 0.00461. The molecule has 17 heavy (non-hydrogen) atoms. The topological polar surface area (TPSA) is 55.5 Å². The molecule has 0 bridgehead atoms. The van der Waals surface area contributed by atoms with Gasteiger partial charge in [-0.2, -0.15) is 0 Å². The largest absolute Gasteiger partial charge is 0.497 e. The molecular weight excluding hydrogens is 214 g/mol. The summed E-state index contributed by atoms with van der Waals surface area (Å²) < 4.78 is 5.12. The monoisotopic (exact) mass is 235 g/mol. The molecule has 0 heterocycles. The van der Waals surface area contributed by atoms with Crippen LogP contribution in [0.1, 0.15) is 37.7 Å². The number of hydrogen-bond acceptors (Lipinski definition) is 3. The van der Waals surface area contributed by atoms with Gasteiger partial charge in [-0.15, -0.1) is 0 Å². The van der Waals surface area contributed by atoms with E-state index in [1.807, 2.05) is 18.2 Å². The molecule has 0 unspecified atom stereocenters. The minimum Gasteiger partial charge on any atom is -0.497 e. The number of anilines is 1. The van der Waals surface area contributed by atoms with E-state index in [0.29, 0.717) is 12.1 Å². The van der Waals surface area contributed by atoms with Crippen LogP contribution >= 0.6 is 0 Å². The SMILES string of the molecule is COc1ccc(CC2(O)CCCCC2)c(N)c1. The van der Waals surface area contributed by atoms with Crippen molar-refractivity contribution in [1.29, 1.82) is 0 Å². The van der Waals surface area contributed by atoms with E-state index in [9.17, 15) is 5.11 Å². The van der Waals surface area contributed by atoms with Crippen LogP contribution in [-0.2, 0) is 6.42 Å². The van der Waals surface area contributed by atoms with Gasteiger partial charge in [0.15, 0.2) is 0 Å². The summed E-state index contributed by atoms with van der Waals surface area (Å²) in [5.41, 5.74) is 7.16. The summed E-state index contributed by atoms with van der Waals surface area (Å²) >= 11 is 0. The molecule has 1 aliphatic rings. The van der Waals surface area contributed by atoms with Crippen LogP contribution < -0.4 is 10.5 Å². The zero-order valence-corrected chi connectivity index (χ0v) is 10.4. The second-order valence-corrected chi connectivity index (χ2v) is 5.03. The van der Waals surface area contributed by atoms with Gasteiger partial charge in [-0.1, -0.05) is 25.3 Å². The highest BCUT2D eigenvalue weighted by atomic mass is 16.5. The van der Waals surface area contributed by atoms with Gasteiger partial charge in [0.2, 0.25) is 0 Å². The smallest absolute Gasteiger partial charge is 0.120 e. The van der Waals surface area contributed by atoms with Gasteiger partial charge < -0.3 is 15.6 Å². The van der Waals surface area contributed by atoms with Crippen molar-refractivity contribution in [1.82, 2.24) is 0 Å². The molecule has 1 aliphatic carbocycles. The molecule has 0 atom stereocenters. The van der Waals surface area contributed by atoms with E-state index in [1.54, 1.807) is 7.11 Å². The van der Waals surface area contributed by atoms with Crippen molar-refractivity contribution in [2.75, 3.05) is 12.8 Å². The van der Waals surface area contributed by atoms with Crippen molar-refractivity contribution in [3.05, 3.63) is 23.8 Å².